The van der Waals surface area contributed by atoms with E-state index in [0.29, 0.717) is 22.3 Å². The minimum absolute atomic E-state index is 0. The fourth-order valence-corrected chi connectivity index (χ4v) is 4.67. The largest absolute Gasteiger partial charge is 0.308 e. The van der Waals surface area contributed by atoms with Crippen LogP contribution in [0.25, 0.3) is 10.2 Å². The molecule has 156 valence electrons. The zero-order valence-electron chi connectivity index (χ0n) is 16.9. The summed E-state index contributed by atoms with van der Waals surface area (Å²) in [5.41, 5.74) is 2.49. The number of carbonyl (C=O) groups excluding carboxylic acids is 1. The molecule has 0 saturated carbocycles. The van der Waals surface area contributed by atoms with E-state index in [0.717, 1.165) is 28.1 Å². The molecule has 0 fully saturated rings. The van der Waals surface area contributed by atoms with Crippen LogP contribution in [0.4, 0.5) is 5.13 Å². The van der Waals surface area contributed by atoms with Crippen molar-refractivity contribution in [2.45, 2.75) is 18.7 Å². The SMILES string of the molecule is CCSc1ccc(C(=O)N(CCN(C)C)c2nc3c(C)c(Cl)ccc3s2)cc1.Cl. The van der Waals surface area contributed by atoms with Crippen molar-refractivity contribution in [1.29, 1.82) is 0 Å². The van der Waals surface area contributed by atoms with Crippen molar-refractivity contribution in [3.05, 3.63) is 52.5 Å². The summed E-state index contributed by atoms with van der Waals surface area (Å²) < 4.78 is 1.04. The number of aryl methyl sites for hydroxylation is 1. The maximum absolute atomic E-state index is 13.3. The molecule has 0 atom stereocenters. The third-order valence-corrected chi connectivity index (χ3v) is 6.74. The Bertz CT molecular complexity index is 974. The Balaban J connectivity index is 0.00000300. The molecule has 3 rings (SSSR count). The van der Waals surface area contributed by atoms with Gasteiger partial charge in [0.05, 0.1) is 10.2 Å². The van der Waals surface area contributed by atoms with Crippen LogP contribution >= 0.6 is 47.1 Å². The molecule has 2 aromatic carbocycles. The van der Waals surface area contributed by atoms with Crippen molar-refractivity contribution in [2.75, 3.05) is 37.8 Å². The molecular formula is C21H25Cl2N3OS2. The third-order valence-electron chi connectivity index (χ3n) is 4.40. The smallest absolute Gasteiger partial charge is 0.260 e. The van der Waals surface area contributed by atoms with E-state index in [9.17, 15) is 4.79 Å². The van der Waals surface area contributed by atoms with Crippen LogP contribution in [0, 0.1) is 6.92 Å². The normalized spacial score (nSPS) is 11.0. The molecule has 1 heterocycles. The van der Waals surface area contributed by atoms with Crippen molar-refractivity contribution < 1.29 is 4.79 Å². The van der Waals surface area contributed by atoms with Gasteiger partial charge in [-0.05, 0) is 68.7 Å². The zero-order valence-corrected chi connectivity index (χ0v) is 20.1. The van der Waals surface area contributed by atoms with Gasteiger partial charge >= 0.3 is 0 Å². The number of hydrogen-bond donors (Lipinski definition) is 0. The number of benzene rings is 2. The van der Waals surface area contributed by atoms with Crippen molar-refractivity contribution in [1.82, 2.24) is 9.88 Å². The lowest BCUT2D eigenvalue weighted by molar-refractivity contribution is 0.0985. The predicted octanol–water partition coefficient (Wildman–Crippen LogP) is 6.00. The van der Waals surface area contributed by atoms with Gasteiger partial charge in [-0.2, -0.15) is 0 Å². The molecule has 0 radical (unpaired) electrons. The highest BCUT2D eigenvalue weighted by Crippen LogP contribution is 2.34. The summed E-state index contributed by atoms with van der Waals surface area (Å²) in [6.07, 6.45) is 0. The summed E-state index contributed by atoms with van der Waals surface area (Å²) in [5.74, 6) is 0.980. The Morgan fingerprint density at radius 3 is 2.45 bits per heavy atom. The van der Waals surface area contributed by atoms with Gasteiger partial charge in [0.1, 0.15) is 0 Å². The number of aromatic nitrogens is 1. The molecule has 1 aromatic heterocycles. The molecule has 0 unspecified atom stereocenters. The molecule has 8 heteroatoms. The van der Waals surface area contributed by atoms with Gasteiger partial charge in [-0.25, -0.2) is 4.98 Å². The number of amides is 1. The van der Waals surface area contributed by atoms with Crippen molar-refractivity contribution in [3.8, 4) is 0 Å². The van der Waals surface area contributed by atoms with E-state index in [-0.39, 0.29) is 18.3 Å². The van der Waals surface area contributed by atoms with Crippen LogP contribution in [0.1, 0.15) is 22.8 Å². The number of hydrogen-bond acceptors (Lipinski definition) is 5. The molecule has 29 heavy (non-hydrogen) atoms. The first-order valence-corrected chi connectivity index (χ1v) is 11.3. The lowest BCUT2D eigenvalue weighted by atomic mass is 10.2. The Morgan fingerprint density at radius 2 is 1.83 bits per heavy atom. The highest BCUT2D eigenvalue weighted by Gasteiger charge is 2.22. The lowest BCUT2D eigenvalue weighted by Crippen LogP contribution is -2.36. The number of nitrogens with zero attached hydrogens (tertiary/aromatic N) is 3. The van der Waals surface area contributed by atoms with Gasteiger partial charge in [-0.15, -0.1) is 24.2 Å². The summed E-state index contributed by atoms with van der Waals surface area (Å²) in [6, 6.07) is 11.7. The average molecular weight is 470 g/mol. The van der Waals surface area contributed by atoms with Gasteiger partial charge in [0.2, 0.25) is 0 Å². The number of carbonyl (C=O) groups is 1. The maximum atomic E-state index is 13.3. The maximum Gasteiger partial charge on any atom is 0.260 e. The van der Waals surface area contributed by atoms with Crippen LogP contribution in [0.2, 0.25) is 5.02 Å². The van der Waals surface area contributed by atoms with Crippen molar-refractivity contribution in [3.63, 3.8) is 0 Å². The minimum Gasteiger partial charge on any atom is -0.308 e. The Hall–Kier alpha value is -1.31. The van der Waals surface area contributed by atoms with Crippen LogP contribution in [0.3, 0.4) is 0 Å². The molecule has 0 aliphatic heterocycles. The van der Waals surface area contributed by atoms with Crippen LogP contribution in [0.5, 0.6) is 0 Å². The predicted molar refractivity (Wildman–Crippen MR) is 130 cm³/mol. The molecule has 3 aromatic rings. The Kier molecular flexibility index (Phi) is 8.79. The molecule has 0 N–H and O–H groups in total. The van der Waals surface area contributed by atoms with Crippen LogP contribution in [-0.2, 0) is 0 Å². The number of likely N-dealkylation sites (N-methyl/N-ethyl adjacent to an activating group) is 1. The monoisotopic (exact) mass is 469 g/mol. The van der Waals surface area contributed by atoms with Crippen molar-refractivity contribution in [2.24, 2.45) is 0 Å². The van der Waals surface area contributed by atoms with E-state index < -0.39 is 0 Å². The molecule has 0 aliphatic carbocycles. The molecule has 4 nitrogen and oxygen atoms in total. The van der Waals surface area contributed by atoms with Gasteiger partial charge in [0, 0.05) is 28.6 Å². The van der Waals surface area contributed by atoms with E-state index >= 15 is 0 Å². The van der Waals surface area contributed by atoms with Crippen LogP contribution < -0.4 is 4.90 Å². The first-order valence-electron chi connectivity index (χ1n) is 9.15. The topological polar surface area (TPSA) is 36.4 Å². The Morgan fingerprint density at radius 1 is 1.14 bits per heavy atom. The zero-order chi connectivity index (χ0) is 20.3. The van der Waals surface area contributed by atoms with Crippen LogP contribution in [-0.4, -0.2) is 48.7 Å². The van der Waals surface area contributed by atoms with Crippen molar-refractivity contribution >= 4 is 68.4 Å². The molecule has 0 bridgehead atoms. The number of halogens is 2. The van der Waals surface area contributed by atoms with E-state index in [1.807, 2.05) is 57.4 Å². The summed E-state index contributed by atoms with van der Waals surface area (Å²) in [6.45, 7) is 5.41. The van der Waals surface area contributed by atoms with E-state index in [2.05, 4.69) is 11.8 Å². The van der Waals surface area contributed by atoms with E-state index in [1.54, 1.807) is 16.7 Å². The van der Waals surface area contributed by atoms with Gasteiger partial charge < -0.3 is 4.90 Å². The van der Waals surface area contributed by atoms with Gasteiger partial charge in [0.15, 0.2) is 5.13 Å². The Labute approximate surface area is 191 Å². The van der Waals surface area contributed by atoms with Gasteiger partial charge in [-0.3, -0.25) is 9.69 Å². The van der Waals surface area contributed by atoms with Gasteiger partial charge in [0.25, 0.3) is 5.91 Å². The third kappa shape index (κ3) is 5.64. The quantitative estimate of drug-likeness (QED) is 0.397. The number of fused-ring (bicyclic) bond motifs is 1. The second-order valence-corrected chi connectivity index (χ2v) is 9.49. The fraction of sp³-hybridized carbons (Fsp3) is 0.333. The summed E-state index contributed by atoms with van der Waals surface area (Å²) >= 11 is 9.55. The molecule has 0 aliphatic rings. The van der Waals surface area contributed by atoms with E-state index in [1.165, 1.54) is 16.2 Å². The standard InChI is InChI=1S/C21H24ClN3OS2.ClH/c1-5-27-16-8-6-15(7-9-16)20(26)25(13-12-24(3)4)21-23-19-14(2)17(22)10-11-18(19)28-21;/h6-11H,5,12-13H2,1-4H3;1H. The number of thioether (sulfide) groups is 1. The molecule has 0 saturated heterocycles. The number of rotatable bonds is 7. The van der Waals surface area contributed by atoms with Crippen LogP contribution in [0.15, 0.2) is 41.3 Å². The minimum atomic E-state index is -0.0299. The summed E-state index contributed by atoms with van der Waals surface area (Å²) in [7, 11) is 4.00. The summed E-state index contributed by atoms with van der Waals surface area (Å²) in [5, 5.41) is 1.40. The fourth-order valence-electron chi connectivity index (χ4n) is 2.80. The number of thiazole rings is 1. The van der Waals surface area contributed by atoms with Gasteiger partial charge in [-0.1, -0.05) is 29.9 Å². The first kappa shape index (κ1) is 24.0. The lowest BCUT2D eigenvalue weighted by Gasteiger charge is -2.22. The molecule has 1 amide bonds. The molecule has 0 spiro atoms. The number of anilines is 1. The highest BCUT2D eigenvalue weighted by molar-refractivity contribution is 7.99. The highest BCUT2D eigenvalue weighted by atomic mass is 35.5. The average Bonchev–Trinajstić information content (AvgIpc) is 3.10. The second kappa shape index (κ2) is 10.6. The second-order valence-electron chi connectivity index (χ2n) is 6.73. The summed E-state index contributed by atoms with van der Waals surface area (Å²) in [4.78, 5) is 23.1. The van der Waals surface area contributed by atoms with E-state index in [4.69, 9.17) is 16.6 Å². The first-order chi connectivity index (χ1) is 13.4. The molecular weight excluding hydrogens is 445 g/mol.